The molecule has 0 amide bonds. The monoisotopic (exact) mass is 438 g/mol. The number of benzene rings is 4. The fourth-order valence-corrected chi connectivity index (χ4v) is 12.4. The SMILES string of the molecule is c1ccc(-c2ccc3ccccc3c2-c2cccc3c2SSSSS3)cc1. The lowest BCUT2D eigenvalue weighted by atomic mass is 9.90. The van der Waals surface area contributed by atoms with Gasteiger partial charge in [-0.05, 0) is 90.2 Å². The molecule has 0 fully saturated rings. The van der Waals surface area contributed by atoms with E-state index in [2.05, 4.69) is 84.9 Å². The van der Waals surface area contributed by atoms with Gasteiger partial charge in [0.1, 0.15) is 0 Å². The van der Waals surface area contributed by atoms with Gasteiger partial charge in [0.05, 0.1) is 0 Å². The second kappa shape index (κ2) is 8.10. The van der Waals surface area contributed by atoms with Gasteiger partial charge in [-0.15, -0.1) is 0 Å². The van der Waals surface area contributed by atoms with Crippen molar-refractivity contribution in [1.82, 2.24) is 0 Å². The molecule has 0 nitrogen and oxygen atoms in total. The minimum Gasteiger partial charge on any atom is -0.0622 e. The van der Waals surface area contributed by atoms with E-state index in [1.54, 1.807) is 0 Å². The molecule has 0 N–H and O–H groups in total. The topological polar surface area (TPSA) is 0 Å². The van der Waals surface area contributed by atoms with E-state index in [-0.39, 0.29) is 0 Å². The van der Waals surface area contributed by atoms with Crippen LogP contribution in [-0.4, -0.2) is 0 Å². The number of hydrogen-bond acceptors (Lipinski definition) is 5. The average molecular weight is 439 g/mol. The van der Waals surface area contributed by atoms with E-state index in [1.165, 1.54) is 42.8 Å². The molecule has 1 aliphatic rings. The highest BCUT2D eigenvalue weighted by atomic mass is 33.8. The fraction of sp³-hybridized carbons (Fsp3) is 0. The Bertz CT molecular complexity index is 1110. The van der Waals surface area contributed by atoms with Crippen LogP contribution >= 0.6 is 51.1 Å². The van der Waals surface area contributed by atoms with Crippen molar-refractivity contribution in [2.45, 2.75) is 9.79 Å². The summed E-state index contributed by atoms with van der Waals surface area (Å²) in [5.41, 5.74) is 5.22. The van der Waals surface area contributed by atoms with Crippen molar-refractivity contribution >= 4 is 61.8 Å². The van der Waals surface area contributed by atoms with Crippen LogP contribution in [0.1, 0.15) is 0 Å². The maximum Gasteiger partial charge on any atom is 0.0415 e. The van der Waals surface area contributed by atoms with E-state index in [0.717, 1.165) is 0 Å². The van der Waals surface area contributed by atoms with Crippen LogP contribution in [-0.2, 0) is 0 Å². The molecule has 1 aliphatic heterocycles. The first kappa shape index (κ1) is 18.0. The molecular formula is C22H14S5. The molecule has 0 saturated heterocycles. The first-order chi connectivity index (χ1) is 13.4. The highest BCUT2D eigenvalue weighted by Gasteiger charge is 2.20. The van der Waals surface area contributed by atoms with E-state index in [0.29, 0.717) is 0 Å². The van der Waals surface area contributed by atoms with Crippen molar-refractivity contribution in [1.29, 1.82) is 0 Å². The number of fused-ring (bicyclic) bond motifs is 2. The minimum absolute atomic E-state index is 1.26. The van der Waals surface area contributed by atoms with Crippen LogP contribution in [0.5, 0.6) is 0 Å². The van der Waals surface area contributed by atoms with E-state index in [9.17, 15) is 0 Å². The minimum atomic E-state index is 1.26. The Kier molecular flexibility index (Phi) is 5.38. The Hall–Kier alpha value is -1.11. The van der Waals surface area contributed by atoms with E-state index >= 15 is 0 Å². The summed E-state index contributed by atoms with van der Waals surface area (Å²) >= 11 is 0. The largest absolute Gasteiger partial charge is 0.0622 e. The van der Waals surface area contributed by atoms with Crippen LogP contribution in [0.15, 0.2) is 94.7 Å². The van der Waals surface area contributed by atoms with Gasteiger partial charge in [0.15, 0.2) is 0 Å². The standard InChI is InChI=1S/C22H14S5/c1-2-7-15(8-3-1)18-14-13-16-9-4-5-10-17(16)21(18)19-11-6-12-20-22(19)24-26-27-25-23-20/h1-14H. The summed E-state index contributed by atoms with van der Waals surface area (Å²) < 4.78 is 0. The fourth-order valence-electron chi connectivity index (χ4n) is 3.39. The predicted octanol–water partition coefficient (Wildman–Crippen LogP) is 9.23. The summed E-state index contributed by atoms with van der Waals surface area (Å²) in [6.07, 6.45) is 0. The molecule has 27 heavy (non-hydrogen) atoms. The molecule has 0 spiro atoms. The molecular weight excluding hydrogens is 425 g/mol. The maximum atomic E-state index is 2.28. The summed E-state index contributed by atoms with van der Waals surface area (Å²) in [6, 6.07) is 30.7. The zero-order valence-electron chi connectivity index (χ0n) is 14.1. The lowest BCUT2D eigenvalue weighted by molar-refractivity contribution is 1.27. The van der Waals surface area contributed by atoms with Crippen molar-refractivity contribution < 1.29 is 0 Å². The Morgan fingerprint density at radius 2 is 1.33 bits per heavy atom. The van der Waals surface area contributed by atoms with Crippen LogP contribution in [0.2, 0.25) is 0 Å². The van der Waals surface area contributed by atoms with Gasteiger partial charge in [0, 0.05) is 9.79 Å². The summed E-state index contributed by atoms with van der Waals surface area (Å²) in [6.45, 7) is 0. The van der Waals surface area contributed by atoms with Gasteiger partial charge in [-0.25, -0.2) is 0 Å². The Labute approximate surface area is 177 Å². The van der Waals surface area contributed by atoms with Crippen molar-refractivity contribution in [3.05, 3.63) is 84.9 Å². The van der Waals surface area contributed by atoms with Crippen LogP contribution in [0.25, 0.3) is 33.0 Å². The quantitative estimate of drug-likeness (QED) is 0.285. The summed E-state index contributed by atoms with van der Waals surface area (Å²) in [5.74, 6) is 0. The summed E-state index contributed by atoms with van der Waals surface area (Å²) in [5, 5.41) is 2.60. The molecule has 132 valence electrons. The zero-order chi connectivity index (χ0) is 18.1. The number of hydrogen-bond donors (Lipinski definition) is 0. The van der Waals surface area contributed by atoms with Gasteiger partial charge in [0.2, 0.25) is 0 Å². The smallest absolute Gasteiger partial charge is 0.0415 e. The molecule has 0 aromatic heterocycles. The highest BCUT2D eigenvalue weighted by Crippen LogP contribution is 2.61. The predicted molar refractivity (Wildman–Crippen MR) is 129 cm³/mol. The van der Waals surface area contributed by atoms with Gasteiger partial charge in [-0.2, -0.15) is 0 Å². The molecule has 1 heterocycles. The van der Waals surface area contributed by atoms with Crippen molar-refractivity contribution in [2.24, 2.45) is 0 Å². The van der Waals surface area contributed by atoms with Crippen LogP contribution < -0.4 is 0 Å². The zero-order valence-corrected chi connectivity index (χ0v) is 18.2. The molecule has 0 unspecified atom stereocenters. The van der Waals surface area contributed by atoms with E-state index in [1.807, 2.05) is 51.1 Å². The van der Waals surface area contributed by atoms with Crippen LogP contribution in [0, 0.1) is 0 Å². The Morgan fingerprint density at radius 3 is 2.26 bits per heavy atom. The number of rotatable bonds is 2. The second-order valence-corrected chi connectivity index (χ2v) is 13.6. The molecule has 4 aromatic rings. The molecule has 5 heteroatoms. The first-order valence-electron chi connectivity index (χ1n) is 8.47. The summed E-state index contributed by atoms with van der Waals surface area (Å²) in [7, 11) is 9.28. The molecule has 5 rings (SSSR count). The Morgan fingerprint density at radius 1 is 0.519 bits per heavy atom. The lowest BCUT2D eigenvalue weighted by Gasteiger charge is -2.17. The molecule has 0 bridgehead atoms. The van der Waals surface area contributed by atoms with Gasteiger partial charge in [-0.3, -0.25) is 0 Å². The molecule has 0 aliphatic carbocycles. The second-order valence-electron chi connectivity index (χ2n) is 6.08. The van der Waals surface area contributed by atoms with Crippen molar-refractivity contribution in [3.63, 3.8) is 0 Å². The van der Waals surface area contributed by atoms with E-state index < -0.39 is 0 Å². The third-order valence-electron chi connectivity index (χ3n) is 4.56. The van der Waals surface area contributed by atoms with Gasteiger partial charge in [-0.1, -0.05) is 78.9 Å². The van der Waals surface area contributed by atoms with Crippen molar-refractivity contribution in [3.8, 4) is 22.3 Å². The maximum absolute atomic E-state index is 2.28. The van der Waals surface area contributed by atoms with E-state index in [4.69, 9.17) is 0 Å². The van der Waals surface area contributed by atoms with Gasteiger partial charge < -0.3 is 0 Å². The molecule has 4 aromatic carbocycles. The third kappa shape index (κ3) is 3.52. The first-order valence-corrected chi connectivity index (χ1v) is 14.6. The normalized spacial score (nSPS) is 13.9. The molecule has 0 radical (unpaired) electrons. The lowest BCUT2D eigenvalue weighted by Crippen LogP contribution is -1.90. The van der Waals surface area contributed by atoms with Gasteiger partial charge in [0.25, 0.3) is 0 Å². The summed E-state index contributed by atoms with van der Waals surface area (Å²) in [4.78, 5) is 2.73. The molecule has 0 saturated carbocycles. The van der Waals surface area contributed by atoms with Crippen LogP contribution in [0.4, 0.5) is 0 Å². The third-order valence-corrected chi connectivity index (χ3v) is 13.1. The average Bonchev–Trinajstić information content (AvgIpc) is 2.99. The Balaban J connectivity index is 1.85. The van der Waals surface area contributed by atoms with Crippen molar-refractivity contribution in [2.75, 3.05) is 0 Å². The molecule has 0 atom stereocenters. The highest BCUT2D eigenvalue weighted by molar-refractivity contribution is 9.36. The van der Waals surface area contributed by atoms with Crippen LogP contribution in [0.3, 0.4) is 0 Å². The van der Waals surface area contributed by atoms with Gasteiger partial charge >= 0.3 is 0 Å².